The van der Waals surface area contributed by atoms with Crippen LogP contribution in [0.4, 0.5) is 0 Å². The van der Waals surface area contributed by atoms with Crippen LogP contribution in [0, 0.1) is 6.42 Å². The van der Waals surface area contributed by atoms with E-state index < -0.39 is 0 Å². The van der Waals surface area contributed by atoms with Crippen LogP contribution in [-0.2, 0) is 0 Å². The molecule has 0 aromatic heterocycles. The highest BCUT2D eigenvalue weighted by Gasteiger charge is 1.87. The Kier molecular flexibility index (Phi) is 1.16. The fraction of sp³-hybridized carbons (Fsp3) is 0.167. The lowest BCUT2D eigenvalue weighted by molar-refractivity contribution is 1.21. The van der Waals surface area contributed by atoms with Gasteiger partial charge in [0.15, 0.2) is 0 Å². The van der Waals surface area contributed by atoms with Crippen LogP contribution in [0.25, 0.3) is 0 Å². The van der Waals surface area contributed by atoms with Crippen LogP contribution >= 0.6 is 0 Å². The molecule has 1 aliphatic carbocycles. The first-order valence-corrected chi connectivity index (χ1v) is 2.35. The third kappa shape index (κ3) is 1.07. The standard InChI is InChI=1S/C6H8N/c7-6-4-2-1-3-5-6/h2-5H,1,7H2. The Hall–Kier alpha value is -0.720. The lowest BCUT2D eigenvalue weighted by atomic mass is 10.2. The molecule has 1 heteroatoms. The van der Waals surface area contributed by atoms with Crippen LogP contribution in [-0.4, -0.2) is 0 Å². The Morgan fingerprint density at radius 1 is 1.57 bits per heavy atom. The zero-order chi connectivity index (χ0) is 5.11. The number of rotatable bonds is 0. The Labute approximate surface area is 43.5 Å². The van der Waals surface area contributed by atoms with Crippen molar-refractivity contribution in [2.75, 3.05) is 0 Å². The van der Waals surface area contributed by atoms with Crippen molar-refractivity contribution in [3.05, 3.63) is 30.3 Å². The highest BCUT2D eigenvalue weighted by atomic mass is 14.6. The van der Waals surface area contributed by atoms with E-state index in [2.05, 4.69) is 0 Å². The van der Waals surface area contributed by atoms with Crippen LogP contribution in [0.3, 0.4) is 0 Å². The van der Waals surface area contributed by atoms with E-state index in [1.54, 1.807) is 0 Å². The maximum absolute atomic E-state index is 5.38. The van der Waals surface area contributed by atoms with E-state index >= 15 is 0 Å². The van der Waals surface area contributed by atoms with Crippen molar-refractivity contribution in [2.45, 2.75) is 6.42 Å². The summed E-state index contributed by atoms with van der Waals surface area (Å²) in [5, 5.41) is 0. The zero-order valence-corrected chi connectivity index (χ0v) is 4.09. The Morgan fingerprint density at radius 2 is 2.43 bits per heavy atom. The molecule has 0 spiro atoms. The van der Waals surface area contributed by atoms with Crippen molar-refractivity contribution in [1.29, 1.82) is 0 Å². The average molecular weight is 94.1 g/mol. The van der Waals surface area contributed by atoms with Gasteiger partial charge in [0, 0.05) is 5.70 Å². The van der Waals surface area contributed by atoms with Gasteiger partial charge in [0.25, 0.3) is 0 Å². The largest absolute Gasteiger partial charge is 0.399 e. The van der Waals surface area contributed by atoms with E-state index in [1.165, 1.54) is 0 Å². The maximum Gasteiger partial charge on any atom is 0.0273 e. The van der Waals surface area contributed by atoms with Crippen molar-refractivity contribution in [2.24, 2.45) is 5.73 Å². The molecule has 0 saturated carbocycles. The summed E-state index contributed by atoms with van der Waals surface area (Å²) in [5.74, 6) is 0. The van der Waals surface area contributed by atoms with E-state index in [0.29, 0.717) is 0 Å². The molecule has 2 N–H and O–H groups in total. The first-order chi connectivity index (χ1) is 3.39. The second-order valence-corrected chi connectivity index (χ2v) is 1.54. The fourth-order valence-corrected chi connectivity index (χ4v) is 0.542. The fourth-order valence-electron chi connectivity index (χ4n) is 0.542. The van der Waals surface area contributed by atoms with Gasteiger partial charge in [-0.2, -0.15) is 0 Å². The molecular formula is C6H8N. The van der Waals surface area contributed by atoms with Gasteiger partial charge in [0.05, 0.1) is 0 Å². The molecule has 0 aliphatic heterocycles. The first-order valence-electron chi connectivity index (χ1n) is 2.35. The summed E-state index contributed by atoms with van der Waals surface area (Å²) in [7, 11) is 0. The van der Waals surface area contributed by atoms with Crippen molar-refractivity contribution < 1.29 is 0 Å². The highest BCUT2D eigenvalue weighted by Crippen LogP contribution is 2.01. The molecule has 1 aliphatic rings. The quantitative estimate of drug-likeness (QED) is 0.476. The van der Waals surface area contributed by atoms with Gasteiger partial charge >= 0.3 is 0 Å². The minimum atomic E-state index is 0.853. The van der Waals surface area contributed by atoms with Crippen molar-refractivity contribution >= 4 is 0 Å². The lowest BCUT2D eigenvalue weighted by Crippen LogP contribution is -1.94. The van der Waals surface area contributed by atoms with Crippen LogP contribution in [0.15, 0.2) is 23.9 Å². The molecule has 1 rings (SSSR count). The molecule has 0 bridgehead atoms. The van der Waals surface area contributed by atoms with E-state index in [1.807, 2.05) is 24.6 Å². The number of nitrogens with two attached hydrogens (primary N) is 1. The Morgan fingerprint density at radius 3 is 2.71 bits per heavy atom. The van der Waals surface area contributed by atoms with Gasteiger partial charge in [-0.25, -0.2) is 0 Å². The first kappa shape index (κ1) is 4.44. The van der Waals surface area contributed by atoms with Gasteiger partial charge in [0.2, 0.25) is 0 Å². The monoisotopic (exact) mass is 94.1 g/mol. The third-order valence-electron chi connectivity index (χ3n) is 0.893. The predicted octanol–water partition coefficient (Wildman–Crippen LogP) is 0.993. The SMILES string of the molecule is NC1=C[CH]CC=C1. The summed E-state index contributed by atoms with van der Waals surface area (Å²) in [6.45, 7) is 0. The minimum absolute atomic E-state index is 0.853. The molecule has 0 fully saturated rings. The Balaban J connectivity index is 2.58. The summed E-state index contributed by atoms with van der Waals surface area (Å²) in [6.07, 6.45) is 8.94. The molecule has 0 aromatic carbocycles. The summed E-state index contributed by atoms with van der Waals surface area (Å²) in [4.78, 5) is 0. The van der Waals surface area contributed by atoms with E-state index in [4.69, 9.17) is 5.73 Å². The number of hydrogen-bond donors (Lipinski definition) is 1. The molecule has 1 nitrogen and oxygen atoms in total. The molecule has 7 heavy (non-hydrogen) atoms. The molecule has 37 valence electrons. The molecule has 0 aromatic rings. The summed E-state index contributed by atoms with van der Waals surface area (Å²) >= 11 is 0. The van der Waals surface area contributed by atoms with Crippen molar-refractivity contribution in [3.63, 3.8) is 0 Å². The van der Waals surface area contributed by atoms with Gasteiger partial charge in [0.1, 0.15) is 0 Å². The van der Waals surface area contributed by atoms with Gasteiger partial charge < -0.3 is 5.73 Å². The van der Waals surface area contributed by atoms with Gasteiger partial charge in [-0.3, -0.25) is 0 Å². The minimum Gasteiger partial charge on any atom is -0.399 e. The predicted molar refractivity (Wildman–Crippen MR) is 30.3 cm³/mol. The normalized spacial score (nSPS) is 19.1. The molecule has 0 atom stereocenters. The molecule has 1 radical (unpaired) electrons. The smallest absolute Gasteiger partial charge is 0.0273 e. The van der Waals surface area contributed by atoms with Crippen LogP contribution < -0.4 is 5.73 Å². The Bertz CT molecular complexity index is 111. The van der Waals surface area contributed by atoms with Crippen LogP contribution in [0.2, 0.25) is 0 Å². The second kappa shape index (κ2) is 1.82. The molecule has 0 unspecified atom stereocenters. The second-order valence-electron chi connectivity index (χ2n) is 1.54. The molecular weight excluding hydrogens is 86.1 g/mol. The topological polar surface area (TPSA) is 26.0 Å². The average Bonchev–Trinajstić information content (AvgIpc) is 1.69. The van der Waals surface area contributed by atoms with Gasteiger partial charge in [-0.15, -0.1) is 0 Å². The van der Waals surface area contributed by atoms with E-state index in [0.717, 1.165) is 12.1 Å². The molecule has 0 amide bonds. The van der Waals surface area contributed by atoms with E-state index in [9.17, 15) is 0 Å². The summed E-state index contributed by atoms with van der Waals surface area (Å²) in [5.41, 5.74) is 6.23. The van der Waals surface area contributed by atoms with E-state index in [-0.39, 0.29) is 0 Å². The van der Waals surface area contributed by atoms with Gasteiger partial charge in [-0.05, 0) is 18.9 Å². The summed E-state index contributed by atoms with van der Waals surface area (Å²) < 4.78 is 0. The molecule has 0 heterocycles. The maximum atomic E-state index is 5.38. The summed E-state index contributed by atoms with van der Waals surface area (Å²) in [6, 6.07) is 0. The van der Waals surface area contributed by atoms with Crippen LogP contribution in [0.5, 0.6) is 0 Å². The van der Waals surface area contributed by atoms with Crippen LogP contribution in [0.1, 0.15) is 6.42 Å². The zero-order valence-electron chi connectivity index (χ0n) is 4.09. The lowest BCUT2D eigenvalue weighted by Gasteiger charge is -1.96. The number of allylic oxidation sites excluding steroid dienone is 3. The van der Waals surface area contributed by atoms with Gasteiger partial charge in [-0.1, -0.05) is 12.2 Å². The highest BCUT2D eigenvalue weighted by molar-refractivity contribution is 5.23. The van der Waals surface area contributed by atoms with Crippen molar-refractivity contribution in [1.82, 2.24) is 0 Å². The third-order valence-corrected chi connectivity index (χ3v) is 0.893. The molecule has 0 saturated heterocycles. The number of hydrogen-bond acceptors (Lipinski definition) is 1. The van der Waals surface area contributed by atoms with Crippen molar-refractivity contribution in [3.8, 4) is 0 Å².